The highest BCUT2D eigenvalue weighted by molar-refractivity contribution is 6.40. The van der Waals surface area contributed by atoms with Crippen molar-refractivity contribution in [3.8, 4) is 0 Å². The van der Waals surface area contributed by atoms with Crippen molar-refractivity contribution in [2.24, 2.45) is 0 Å². The second-order valence-electron chi connectivity index (χ2n) is 15.7. The van der Waals surface area contributed by atoms with Crippen LogP contribution in [0.3, 0.4) is 0 Å². The zero-order valence-corrected chi connectivity index (χ0v) is 27.4. The Kier molecular flexibility index (Phi) is 4.83. The minimum atomic E-state index is -0.0703. The number of hydrogen-bond acceptors (Lipinski definition) is 0. The lowest BCUT2D eigenvalue weighted by atomic mass is 9.74. The minimum Gasteiger partial charge on any atom is -0.0616 e. The van der Waals surface area contributed by atoms with Crippen LogP contribution >= 0.6 is 0 Å². The second-order valence-corrected chi connectivity index (χ2v) is 15.7. The lowest BCUT2D eigenvalue weighted by molar-refractivity contribution is 0.594. The van der Waals surface area contributed by atoms with Crippen LogP contribution in [-0.4, -0.2) is 0 Å². The average Bonchev–Trinajstić information content (AvgIpc) is 3.51. The van der Waals surface area contributed by atoms with Crippen LogP contribution < -0.4 is 0 Å². The first kappa shape index (κ1) is 26.3. The van der Waals surface area contributed by atoms with E-state index in [4.69, 9.17) is 0 Å². The molecule has 10 aromatic rings. The van der Waals surface area contributed by atoms with Crippen molar-refractivity contribution < 1.29 is 0 Å². The summed E-state index contributed by atoms with van der Waals surface area (Å²) in [6.45, 7) is 14.5. The molecule has 0 bridgehead atoms. The molecule has 0 fully saturated rings. The summed E-state index contributed by atoms with van der Waals surface area (Å²) >= 11 is 0. The molecule has 0 atom stereocenters. The van der Waals surface area contributed by atoms with Gasteiger partial charge in [-0.3, -0.25) is 0 Å². The first-order chi connectivity index (χ1) is 22.1. The van der Waals surface area contributed by atoms with Crippen LogP contribution in [-0.2, 0) is 10.8 Å². The molecule has 10 aromatic carbocycles. The Balaban J connectivity index is 1.54. The van der Waals surface area contributed by atoms with Gasteiger partial charge in [0.1, 0.15) is 0 Å². The van der Waals surface area contributed by atoms with E-state index < -0.39 is 0 Å². The molecule has 10 rings (SSSR count). The van der Waals surface area contributed by atoms with Gasteiger partial charge < -0.3 is 0 Å². The largest absolute Gasteiger partial charge is 0.0616 e. The molecule has 0 aliphatic carbocycles. The van der Waals surface area contributed by atoms with Gasteiger partial charge in [-0.1, -0.05) is 126 Å². The summed E-state index contributed by atoms with van der Waals surface area (Å²) in [6.07, 6.45) is 0. The van der Waals surface area contributed by atoms with Gasteiger partial charge in [0.05, 0.1) is 0 Å². The Bertz CT molecular complexity index is 2900. The van der Waals surface area contributed by atoms with Crippen molar-refractivity contribution in [2.75, 3.05) is 0 Å². The lowest BCUT2D eigenvalue weighted by Crippen LogP contribution is -2.17. The fourth-order valence-corrected chi connectivity index (χ4v) is 9.24. The van der Waals surface area contributed by atoms with Gasteiger partial charge in [-0.15, -0.1) is 0 Å². The highest BCUT2D eigenvalue weighted by atomic mass is 14.3. The first-order valence-electron chi connectivity index (χ1n) is 16.7. The number of benzene rings is 8. The van der Waals surface area contributed by atoms with Crippen LogP contribution in [0.5, 0.6) is 0 Å². The Morgan fingerprint density at radius 3 is 1.22 bits per heavy atom. The van der Waals surface area contributed by atoms with Gasteiger partial charge >= 0.3 is 0 Å². The SMILES string of the molecule is CC(C)(C)c1c2cc3c(cc2c(C(C)(C)C)c2c4cc5ccccc5c5cccc(c12)c54)c1cccc2c4ccccc4cc3c21. The standard InChI is InChI=1S/C46H36/c1-45(2,3)43-37-24-34-33(31-19-11-17-29-27-15-9-7-13-25(27)21-35(34)39(29)31)23-36(37)44(46(4,5)6)42-38-22-26-14-8-10-16-28(26)30-18-12-20-32(40(30)38)41(42)43/h7-24H,1-6H3. The summed E-state index contributed by atoms with van der Waals surface area (Å²) in [5, 5.41) is 24.8. The van der Waals surface area contributed by atoms with Crippen molar-refractivity contribution in [3.05, 3.63) is 120 Å². The normalized spacial score (nSPS) is 13.4. The Labute approximate surface area is 268 Å². The molecule has 0 N–H and O–H groups in total. The van der Waals surface area contributed by atoms with Gasteiger partial charge in [0.25, 0.3) is 0 Å². The van der Waals surface area contributed by atoms with Gasteiger partial charge in [-0.05, 0) is 143 Å². The van der Waals surface area contributed by atoms with E-state index in [2.05, 4.69) is 151 Å². The summed E-state index contributed by atoms with van der Waals surface area (Å²) in [7, 11) is 0. The predicted octanol–water partition coefficient (Wildman–Crippen LogP) is 13.5. The van der Waals surface area contributed by atoms with Gasteiger partial charge in [-0.2, -0.15) is 0 Å². The molecule has 46 heavy (non-hydrogen) atoms. The molecular weight excluding hydrogens is 553 g/mol. The Morgan fingerprint density at radius 1 is 0.283 bits per heavy atom. The van der Waals surface area contributed by atoms with Crippen LogP contribution in [0, 0.1) is 0 Å². The van der Waals surface area contributed by atoms with Crippen molar-refractivity contribution in [3.63, 3.8) is 0 Å². The average molecular weight is 589 g/mol. The van der Waals surface area contributed by atoms with Crippen LogP contribution in [0.1, 0.15) is 52.7 Å². The summed E-state index contributed by atoms with van der Waals surface area (Å²) < 4.78 is 0. The van der Waals surface area contributed by atoms with Crippen molar-refractivity contribution >= 4 is 97.0 Å². The van der Waals surface area contributed by atoms with Gasteiger partial charge in [0, 0.05) is 0 Å². The maximum absolute atomic E-state index is 2.57. The van der Waals surface area contributed by atoms with Gasteiger partial charge in [-0.25, -0.2) is 0 Å². The van der Waals surface area contributed by atoms with Crippen molar-refractivity contribution in [2.45, 2.75) is 52.4 Å². The third-order valence-electron chi connectivity index (χ3n) is 10.8. The topological polar surface area (TPSA) is 0 Å². The number of rotatable bonds is 0. The van der Waals surface area contributed by atoms with E-state index in [0.29, 0.717) is 0 Å². The highest BCUT2D eigenvalue weighted by Crippen LogP contribution is 2.53. The number of hydrogen-bond donors (Lipinski definition) is 0. The molecule has 0 nitrogen and oxygen atoms in total. The maximum Gasteiger partial charge on any atom is -0.00197 e. The minimum absolute atomic E-state index is 0.0687. The summed E-state index contributed by atoms with van der Waals surface area (Å²) in [5.74, 6) is 0. The molecule has 0 amide bonds. The van der Waals surface area contributed by atoms with Crippen LogP contribution in [0.25, 0.3) is 97.0 Å². The molecule has 0 spiro atoms. The molecule has 0 radical (unpaired) electrons. The maximum atomic E-state index is 2.57. The summed E-state index contributed by atoms with van der Waals surface area (Å²) in [4.78, 5) is 0. The molecular formula is C46H36. The molecule has 0 heterocycles. The number of fused-ring (bicyclic) bond motifs is 11. The smallest absolute Gasteiger partial charge is 0.00197 e. The third kappa shape index (κ3) is 3.20. The summed E-state index contributed by atoms with van der Waals surface area (Å²) in [6, 6.07) is 41.8. The van der Waals surface area contributed by atoms with E-state index in [1.807, 2.05) is 0 Å². The van der Waals surface area contributed by atoms with Crippen LogP contribution in [0.4, 0.5) is 0 Å². The molecule has 0 aliphatic heterocycles. The van der Waals surface area contributed by atoms with E-state index in [9.17, 15) is 0 Å². The lowest BCUT2D eigenvalue weighted by Gasteiger charge is -2.30. The predicted molar refractivity (Wildman–Crippen MR) is 204 cm³/mol. The van der Waals surface area contributed by atoms with E-state index in [1.165, 1.54) is 108 Å². The highest BCUT2D eigenvalue weighted by Gasteiger charge is 2.32. The van der Waals surface area contributed by atoms with E-state index in [0.717, 1.165) is 0 Å². The molecule has 0 aliphatic rings. The summed E-state index contributed by atoms with van der Waals surface area (Å²) in [5.41, 5.74) is 2.79. The van der Waals surface area contributed by atoms with Crippen molar-refractivity contribution in [1.29, 1.82) is 0 Å². The first-order valence-corrected chi connectivity index (χ1v) is 16.7. The zero-order valence-electron chi connectivity index (χ0n) is 27.4. The Hall–Kier alpha value is -4.94. The third-order valence-corrected chi connectivity index (χ3v) is 10.8. The monoisotopic (exact) mass is 588 g/mol. The molecule has 220 valence electrons. The fraction of sp³-hybridized carbons (Fsp3) is 0.174. The van der Waals surface area contributed by atoms with Crippen LogP contribution in [0.15, 0.2) is 109 Å². The van der Waals surface area contributed by atoms with Crippen LogP contribution in [0.2, 0.25) is 0 Å². The van der Waals surface area contributed by atoms with Gasteiger partial charge in [0.2, 0.25) is 0 Å². The van der Waals surface area contributed by atoms with Gasteiger partial charge in [0.15, 0.2) is 0 Å². The molecule has 0 saturated heterocycles. The molecule has 0 heteroatoms. The van der Waals surface area contributed by atoms with Crippen molar-refractivity contribution in [1.82, 2.24) is 0 Å². The van der Waals surface area contributed by atoms with E-state index in [-0.39, 0.29) is 10.8 Å². The zero-order chi connectivity index (χ0) is 31.3. The Morgan fingerprint density at radius 2 is 0.674 bits per heavy atom. The second kappa shape index (κ2) is 8.45. The molecule has 0 aromatic heterocycles. The van der Waals surface area contributed by atoms with E-state index in [1.54, 1.807) is 0 Å². The fourth-order valence-electron chi connectivity index (χ4n) is 9.24. The molecule has 0 unspecified atom stereocenters. The quantitative estimate of drug-likeness (QED) is 0.155. The van der Waals surface area contributed by atoms with E-state index >= 15 is 0 Å². The molecule has 0 saturated carbocycles.